The van der Waals surface area contributed by atoms with Crippen molar-refractivity contribution >= 4 is 17.3 Å². The molecule has 1 saturated carbocycles. The van der Waals surface area contributed by atoms with E-state index in [0.717, 1.165) is 22.7 Å². The molecule has 1 aliphatic rings. The van der Waals surface area contributed by atoms with E-state index in [4.69, 9.17) is 0 Å². The minimum absolute atomic E-state index is 0.277. The van der Waals surface area contributed by atoms with Crippen LogP contribution in [0.3, 0.4) is 0 Å². The molecular weight excluding hydrogens is 224 g/mol. The van der Waals surface area contributed by atoms with Crippen LogP contribution in [0.4, 0.5) is 0 Å². The smallest absolute Gasteiger partial charge is 0.323 e. The molecule has 0 aromatic carbocycles. The molecule has 2 N–H and O–H groups in total. The lowest BCUT2D eigenvalue weighted by Gasteiger charge is -2.25. The Morgan fingerprint density at radius 3 is 2.88 bits per heavy atom. The number of carboxylic acid groups (broad SMARTS) is 1. The van der Waals surface area contributed by atoms with E-state index in [1.807, 2.05) is 13.1 Å². The first-order chi connectivity index (χ1) is 7.52. The van der Waals surface area contributed by atoms with Crippen molar-refractivity contribution in [3.8, 4) is 0 Å². The van der Waals surface area contributed by atoms with E-state index in [2.05, 4.69) is 10.3 Å². The standard InChI is InChI=1S/C11H16N2O2S/c1-7-12-5-9(16-7)6-13-11(2,10(14)15)8-3-4-8/h5,8,13H,3-4,6H2,1-2H3,(H,14,15). The van der Waals surface area contributed by atoms with E-state index in [9.17, 15) is 9.90 Å². The van der Waals surface area contributed by atoms with Gasteiger partial charge in [-0.05, 0) is 32.6 Å². The van der Waals surface area contributed by atoms with E-state index in [1.165, 1.54) is 0 Å². The zero-order chi connectivity index (χ0) is 11.8. The molecule has 1 aromatic heterocycles. The lowest BCUT2D eigenvalue weighted by atomic mass is 9.96. The average Bonchev–Trinajstić information content (AvgIpc) is 2.99. The van der Waals surface area contributed by atoms with Crippen molar-refractivity contribution in [2.75, 3.05) is 0 Å². The Morgan fingerprint density at radius 2 is 2.44 bits per heavy atom. The summed E-state index contributed by atoms with van der Waals surface area (Å²) in [6.07, 6.45) is 3.83. The monoisotopic (exact) mass is 240 g/mol. The number of hydrogen-bond acceptors (Lipinski definition) is 4. The first kappa shape index (κ1) is 11.5. The summed E-state index contributed by atoms with van der Waals surface area (Å²) in [5.41, 5.74) is -0.780. The van der Waals surface area contributed by atoms with Gasteiger partial charge in [-0.3, -0.25) is 10.1 Å². The van der Waals surface area contributed by atoms with Crippen LogP contribution in [0.15, 0.2) is 6.20 Å². The van der Waals surface area contributed by atoms with E-state index < -0.39 is 11.5 Å². The average molecular weight is 240 g/mol. The van der Waals surface area contributed by atoms with Gasteiger partial charge in [0.1, 0.15) is 5.54 Å². The van der Waals surface area contributed by atoms with Crippen LogP contribution < -0.4 is 5.32 Å². The van der Waals surface area contributed by atoms with E-state index in [1.54, 1.807) is 18.3 Å². The minimum atomic E-state index is -0.780. The maximum absolute atomic E-state index is 11.3. The molecule has 0 saturated heterocycles. The molecule has 16 heavy (non-hydrogen) atoms. The van der Waals surface area contributed by atoms with Crippen molar-refractivity contribution in [2.45, 2.75) is 38.8 Å². The number of aliphatic carboxylic acids is 1. The second kappa shape index (κ2) is 4.14. The highest BCUT2D eigenvalue weighted by molar-refractivity contribution is 7.11. The molecule has 1 atom stereocenters. The molecular formula is C11H16N2O2S. The summed E-state index contributed by atoms with van der Waals surface area (Å²) >= 11 is 1.61. The van der Waals surface area contributed by atoms with Crippen LogP contribution in [0.2, 0.25) is 0 Å². The zero-order valence-corrected chi connectivity index (χ0v) is 10.3. The molecule has 1 aliphatic carbocycles. The van der Waals surface area contributed by atoms with Crippen molar-refractivity contribution in [3.63, 3.8) is 0 Å². The molecule has 1 unspecified atom stereocenters. The van der Waals surface area contributed by atoms with Crippen LogP contribution in [0.5, 0.6) is 0 Å². The molecule has 1 fully saturated rings. The maximum Gasteiger partial charge on any atom is 0.323 e. The maximum atomic E-state index is 11.3. The van der Waals surface area contributed by atoms with Gasteiger partial charge in [0.2, 0.25) is 0 Å². The van der Waals surface area contributed by atoms with Crippen molar-refractivity contribution in [1.29, 1.82) is 0 Å². The van der Waals surface area contributed by atoms with Crippen LogP contribution >= 0.6 is 11.3 Å². The predicted molar refractivity (Wildman–Crippen MR) is 62.5 cm³/mol. The van der Waals surface area contributed by atoms with Crippen molar-refractivity contribution in [2.24, 2.45) is 5.92 Å². The number of nitrogens with zero attached hydrogens (tertiary/aromatic N) is 1. The van der Waals surface area contributed by atoms with Gasteiger partial charge in [0.15, 0.2) is 0 Å². The Kier molecular flexibility index (Phi) is 2.99. The van der Waals surface area contributed by atoms with Crippen molar-refractivity contribution in [1.82, 2.24) is 10.3 Å². The highest BCUT2D eigenvalue weighted by atomic mass is 32.1. The lowest BCUT2D eigenvalue weighted by molar-refractivity contribution is -0.145. The molecule has 2 rings (SSSR count). The Morgan fingerprint density at radius 1 is 1.75 bits per heavy atom. The second-order valence-electron chi connectivity index (χ2n) is 4.48. The van der Waals surface area contributed by atoms with Crippen LogP contribution in [-0.4, -0.2) is 21.6 Å². The fraction of sp³-hybridized carbons (Fsp3) is 0.636. The lowest BCUT2D eigenvalue weighted by Crippen LogP contribution is -2.50. The Balaban J connectivity index is 1.99. The molecule has 4 nitrogen and oxygen atoms in total. The highest BCUT2D eigenvalue weighted by Crippen LogP contribution is 2.39. The van der Waals surface area contributed by atoms with Gasteiger partial charge in [-0.1, -0.05) is 0 Å². The first-order valence-corrected chi connectivity index (χ1v) is 6.24. The fourth-order valence-electron chi connectivity index (χ4n) is 1.81. The first-order valence-electron chi connectivity index (χ1n) is 5.42. The van der Waals surface area contributed by atoms with E-state index in [-0.39, 0.29) is 5.92 Å². The van der Waals surface area contributed by atoms with Gasteiger partial charge in [0, 0.05) is 17.6 Å². The zero-order valence-electron chi connectivity index (χ0n) is 9.49. The number of nitrogens with one attached hydrogen (secondary N) is 1. The summed E-state index contributed by atoms with van der Waals surface area (Å²) < 4.78 is 0. The summed E-state index contributed by atoms with van der Waals surface area (Å²) in [5.74, 6) is -0.477. The van der Waals surface area contributed by atoms with Gasteiger partial charge in [-0.2, -0.15) is 0 Å². The Hall–Kier alpha value is -0.940. The number of aryl methyl sites for hydroxylation is 1. The van der Waals surface area contributed by atoms with Crippen LogP contribution in [0.1, 0.15) is 29.7 Å². The van der Waals surface area contributed by atoms with Crippen LogP contribution in [0, 0.1) is 12.8 Å². The SMILES string of the molecule is Cc1ncc(CNC(C)(C(=O)O)C2CC2)s1. The Labute approximate surface area is 98.7 Å². The fourth-order valence-corrected chi connectivity index (χ4v) is 2.55. The van der Waals surface area contributed by atoms with Gasteiger partial charge in [-0.25, -0.2) is 4.98 Å². The number of rotatable bonds is 5. The molecule has 0 amide bonds. The topological polar surface area (TPSA) is 62.2 Å². The summed E-state index contributed by atoms with van der Waals surface area (Å²) in [5, 5.41) is 13.4. The normalized spacial score (nSPS) is 19.4. The van der Waals surface area contributed by atoms with Gasteiger partial charge in [-0.15, -0.1) is 11.3 Å². The third kappa shape index (κ3) is 2.25. The van der Waals surface area contributed by atoms with Crippen LogP contribution in [-0.2, 0) is 11.3 Å². The number of carboxylic acids is 1. The van der Waals surface area contributed by atoms with Gasteiger partial charge in [0.25, 0.3) is 0 Å². The minimum Gasteiger partial charge on any atom is -0.480 e. The third-order valence-electron chi connectivity index (χ3n) is 3.14. The number of hydrogen-bond donors (Lipinski definition) is 2. The molecule has 1 aromatic rings. The third-order valence-corrected chi connectivity index (χ3v) is 4.05. The number of thiazole rings is 1. The summed E-state index contributed by atoms with van der Waals surface area (Å²) in [4.78, 5) is 16.5. The highest BCUT2D eigenvalue weighted by Gasteiger charge is 2.47. The van der Waals surface area contributed by atoms with Gasteiger partial charge < -0.3 is 5.11 Å². The number of carbonyl (C=O) groups is 1. The molecule has 0 spiro atoms. The van der Waals surface area contributed by atoms with E-state index in [0.29, 0.717) is 6.54 Å². The molecule has 0 aliphatic heterocycles. The van der Waals surface area contributed by atoms with Crippen molar-refractivity contribution in [3.05, 3.63) is 16.1 Å². The molecule has 5 heteroatoms. The molecule has 88 valence electrons. The van der Waals surface area contributed by atoms with Gasteiger partial charge >= 0.3 is 5.97 Å². The summed E-state index contributed by atoms with van der Waals surface area (Å²) in [7, 11) is 0. The van der Waals surface area contributed by atoms with Crippen molar-refractivity contribution < 1.29 is 9.90 Å². The number of aromatic nitrogens is 1. The molecule has 0 radical (unpaired) electrons. The Bertz CT molecular complexity index is 400. The second-order valence-corrected chi connectivity index (χ2v) is 5.80. The summed E-state index contributed by atoms with van der Waals surface area (Å²) in [6.45, 7) is 4.32. The largest absolute Gasteiger partial charge is 0.480 e. The quantitative estimate of drug-likeness (QED) is 0.823. The molecule has 0 bridgehead atoms. The van der Waals surface area contributed by atoms with E-state index >= 15 is 0 Å². The molecule has 1 heterocycles. The summed E-state index contributed by atoms with van der Waals surface area (Å²) in [6, 6.07) is 0. The predicted octanol–water partition coefficient (Wildman–Crippen LogP) is 1.79. The van der Waals surface area contributed by atoms with Crippen LogP contribution in [0.25, 0.3) is 0 Å². The van der Waals surface area contributed by atoms with Gasteiger partial charge in [0.05, 0.1) is 5.01 Å².